The van der Waals surface area contributed by atoms with Gasteiger partial charge in [0.2, 0.25) is 11.8 Å². The zero-order valence-electron chi connectivity index (χ0n) is 18.0. The Hall–Kier alpha value is -4.30. The monoisotopic (exact) mass is 471 g/mol. The van der Waals surface area contributed by atoms with E-state index in [0.29, 0.717) is 16.5 Å². The van der Waals surface area contributed by atoms with Crippen LogP contribution in [0.3, 0.4) is 0 Å². The molecule has 8 heteroatoms. The molecule has 3 aromatic carbocycles. The van der Waals surface area contributed by atoms with Crippen LogP contribution in [0.4, 0.5) is 20.9 Å². The molecule has 0 aliphatic rings. The summed E-state index contributed by atoms with van der Waals surface area (Å²) in [5, 5.41) is 6.73. The second kappa shape index (κ2) is 8.92. The molecule has 0 aliphatic heterocycles. The van der Waals surface area contributed by atoms with E-state index in [2.05, 4.69) is 10.3 Å². The lowest BCUT2D eigenvalue weighted by Gasteiger charge is -2.18. The molecular weight excluding hydrogens is 453 g/mol. The SMILES string of the molecule is CC(=O)N(c1nc(/C=C/C(=O)Nc2ccc3oc4ccccc4c3c2)cs1)c1ccccc1F. The Balaban J connectivity index is 1.33. The summed E-state index contributed by atoms with van der Waals surface area (Å²) in [5.74, 6) is -1.22. The molecule has 0 unspecified atom stereocenters. The summed E-state index contributed by atoms with van der Waals surface area (Å²) in [6.45, 7) is 1.34. The molecule has 5 rings (SSSR count). The normalized spacial score (nSPS) is 11.4. The van der Waals surface area contributed by atoms with Gasteiger partial charge in [-0.2, -0.15) is 0 Å². The quantitative estimate of drug-likeness (QED) is 0.296. The first-order valence-corrected chi connectivity index (χ1v) is 11.3. The van der Waals surface area contributed by atoms with Gasteiger partial charge in [0.05, 0.1) is 11.4 Å². The highest BCUT2D eigenvalue weighted by molar-refractivity contribution is 7.14. The van der Waals surface area contributed by atoms with Gasteiger partial charge in [-0.1, -0.05) is 30.3 Å². The van der Waals surface area contributed by atoms with Crippen LogP contribution in [0.15, 0.2) is 82.6 Å². The van der Waals surface area contributed by atoms with Gasteiger partial charge in [-0.15, -0.1) is 11.3 Å². The number of halogens is 1. The summed E-state index contributed by atoms with van der Waals surface area (Å²) >= 11 is 1.18. The van der Waals surface area contributed by atoms with Crippen molar-refractivity contribution in [1.82, 2.24) is 4.98 Å². The van der Waals surface area contributed by atoms with Crippen molar-refractivity contribution in [2.75, 3.05) is 10.2 Å². The topological polar surface area (TPSA) is 75.4 Å². The predicted molar refractivity (Wildman–Crippen MR) is 133 cm³/mol. The maximum Gasteiger partial charge on any atom is 0.248 e. The molecule has 2 amide bonds. The summed E-state index contributed by atoms with van der Waals surface area (Å²) in [5.41, 5.74) is 2.77. The number of thiazole rings is 1. The Labute approximate surface area is 197 Å². The van der Waals surface area contributed by atoms with E-state index in [4.69, 9.17) is 4.42 Å². The molecule has 0 saturated carbocycles. The third-order valence-corrected chi connectivity index (χ3v) is 6.00. The van der Waals surface area contributed by atoms with E-state index in [1.807, 2.05) is 36.4 Å². The molecule has 168 valence electrons. The van der Waals surface area contributed by atoms with Crippen LogP contribution in [0, 0.1) is 5.82 Å². The average Bonchev–Trinajstić information content (AvgIpc) is 3.43. The van der Waals surface area contributed by atoms with Crippen LogP contribution in [0.25, 0.3) is 28.0 Å². The number of amides is 2. The first-order chi connectivity index (χ1) is 16.5. The molecule has 0 radical (unpaired) electrons. The van der Waals surface area contributed by atoms with Crippen molar-refractivity contribution in [3.63, 3.8) is 0 Å². The number of fused-ring (bicyclic) bond motifs is 3. The Bertz CT molecular complexity index is 1570. The van der Waals surface area contributed by atoms with Crippen molar-refractivity contribution in [1.29, 1.82) is 0 Å². The molecule has 34 heavy (non-hydrogen) atoms. The Morgan fingerprint density at radius 3 is 2.62 bits per heavy atom. The van der Waals surface area contributed by atoms with Crippen molar-refractivity contribution in [3.05, 3.63) is 89.7 Å². The Morgan fingerprint density at radius 2 is 1.79 bits per heavy atom. The fourth-order valence-electron chi connectivity index (χ4n) is 3.64. The lowest BCUT2D eigenvalue weighted by atomic mass is 10.1. The largest absolute Gasteiger partial charge is 0.456 e. The number of hydrogen-bond donors (Lipinski definition) is 1. The summed E-state index contributed by atoms with van der Waals surface area (Å²) in [4.78, 5) is 30.2. The van der Waals surface area contributed by atoms with E-state index in [1.165, 1.54) is 41.4 Å². The number of aromatic nitrogens is 1. The summed E-state index contributed by atoms with van der Waals surface area (Å²) in [6.07, 6.45) is 2.90. The van der Waals surface area contributed by atoms with E-state index in [-0.39, 0.29) is 17.5 Å². The number of carbonyl (C=O) groups is 2. The van der Waals surface area contributed by atoms with E-state index in [9.17, 15) is 14.0 Å². The third-order valence-electron chi connectivity index (χ3n) is 5.16. The predicted octanol–water partition coefficient (Wildman–Crippen LogP) is 6.52. The highest BCUT2D eigenvalue weighted by atomic mass is 32.1. The van der Waals surface area contributed by atoms with Gasteiger partial charge in [-0.3, -0.25) is 14.5 Å². The maximum absolute atomic E-state index is 14.2. The molecule has 0 atom stereocenters. The lowest BCUT2D eigenvalue weighted by molar-refractivity contribution is -0.116. The minimum atomic E-state index is -0.522. The minimum Gasteiger partial charge on any atom is -0.456 e. The lowest BCUT2D eigenvalue weighted by Crippen LogP contribution is -2.23. The highest BCUT2D eigenvalue weighted by Crippen LogP contribution is 2.32. The van der Waals surface area contributed by atoms with Gasteiger partial charge >= 0.3 is 0 Å². The van der Waals surface area contributed by atoms with Crippen LogP contribution >= 0.6 is 11.3 Å². The number of nitrogens with one attached hydrogen (secondary N) is 1. The average molecular weight is 472 g/mol. The number of nitrogens with zero attached hydrogens (tertiary/aromatic N) is 2. The van der Waals surface area contributed by atoms with Crippen LogP contribution in [0.5, 0.6) is 0 Å². The van der Waals surface area contributed by atoms with Gasteiger partial charge in [0.1, 0.15) is 17.0 Å². The molecule has 2 heterocycles. The third kappa shape index (κ3) is 4.18. The standard InChI is InChI=1S/C26H18FN3O3S/c1-16(31)30(22-8-4-3-7-21(22)27)26-29-18(15-34-26)11-13-25(32)28-17-10-12-24-20(14-17)19-6-2-5-9-23(19)33-24/h2-15H,1H3,(H,28,32)/b13-11+. The summed E-state index contributed by atoms with van der Waals surface area (Å²) < 4.78 is 20.0. The van der Waals surface area contributed by atoms with Gasteiger partial charge in [-0.05, 0) is 42.5 Å². The van der Waals surface area contributed by atoms with Crippen LogP contribution in [0.1, 0.15) is 12.6 Å². The number of benzene rings is 3. The van der Waals surface area contributed by atoms with E-state index in [0.717, 1.165) is 21.9 Å². The molecule has 1 N–H and O–H groups in total. The van der Waals surface area contributed by atoms with Crippen molar-refractivity contribution in [2.45, 2.75) is 6.92 Å². The van der Waals surface area contributed by atoms with E-state index in [1.54, 1.807) is 29.7 Å². The van der Waals surface area contributed by atoms with Gasteiger partial charge in [0, 0.05) is 34.8 Å². The van der Waals surface area contributed by atoms with Gasteiger partial charge in [0.15, 0.2) is 5.13 Å². The van der Waals surface area contributed by atoms with Gasteiger partial charge in [0.25, 0.3) is 0 Å². The van der Waals surface area contributed by atoms with Crippen LogP contribution < -0.4 is 10.2 Å². The van der Waals surface area contributed by atoms with Gasteiger partial charge < -0.3 is 9.73 Å². The first-order valence-electron chi connectivity index (χ1n) is 10.4. The molecule has 6 nitrogen and oxygen atoms in total. The van der Waals surface area contributed by atoms with Crippen molar-refractivity contribution < 1.29 is 18.4 Å². The Morgan fingerprint density at radius 1 is 1.03 bits per heavy atom. The van der Waals surface area contributed by atoms with E-state index >= 15 is 0 Å². The molecule has 0 aliphatic carbocycles. The molecule has 2 aromatic heterocycles. The number of carbonyl (C=O) groups excluding carboxylic acids is 2. The first kappa shape index (κ1) is 21.5. The number of para-hydroxylation sites is 2. The van der Waals surface area contributed by atoms with Crippen molar-refractivity contribution in [3.8, 4) is 0 Å². The zero-order chi connectivity index (χ0) is 23.7. The smallest absolute Gasteiger partial charge is 0.248 e. The molecule has 0 bridgehead atoms. The van der Waals surface area contributed by atoms with Crippen LogP contribution in [0.2, 0.25) is 0 Å². The van der Waals surface area contributed by atoms with Gasteiger partial charge in [-0.25, -0.2) is 9.37 Å². The summed E-state index contributed by atoms with van der Waals surface area (Å²) in [6, 6.07) is 19.2. The van der Waals surface area contributed by atoms with Crippen LogP contribution in [-0.4, -0.2) is 16.8 Å². The van der Waals surface area contributed by atoms with Crippen molar-refractivity contribution in [2.24, 2.45) is 0 Å². The number of anilines is 3. The van der Waals surface area contributed by atoms with E-state index < -0.39 is 5.82 Å². The molecule has 0 saturated heterocycles. The molecule has 5 aromatic rings. The molecular formula is C26H18FN3O3S. The Kier molecular flexibility index (Phi) is 5.65. The second-order valence-corrected chi connectivity index (χ2v) is 8.33. The van der Waals surface area contributed by atoms with Crippen LogP contribution in [-0.2, 0) is 9.59 Å². The number of hydrogen-bond acceptors (Lipinski definition) is 5. The maximum atomic E-state index is 14.2. The second-order valence-electron chi connectivity index (χ2n) is 7.49. The van der Waals surface area contributed by atoms with Crippen molar-refractivity contribution >= 4 is 67.7 Å². The highest BCUT2D eigenvalue weighted by Gasteiger charge is 2.20. The number of rotatable bonds is 5. The fraction of sp³-hybridized carbons (Fsp3) is 0.0385. The minimum absolute atomic E-state index is 0.125. The molecule has 0 spiro atoms. The molecule has 0 fully saturated rings. The zero-order valence-corrected chi connectivity index (χ0v) is 18.8. The summed E-state index contributed by atoms with van der Waals surface area (Å²) in [7, 11) is 0. The fourth-order valence-corrected chi connectivity index (χ4v) is 4.49. The number of furan rings is 1.